The molecule has 49 heavy (non-hydrogen) atoms. The number of methoxy groups -OCH3 is 1. The van der Waals surface area contributed by atoms with Crippen molar-refractivity contribution in [1.29, 1.82) is 0 Å². The summed E-state index contributed by atoms with van der Waals surface area (Å²) in [5.41, 5.74) is 0.948. The molecule has 0 radical (unpaired) electrons. The molecule has 0 aromatic heterocycles. The quantitative estimate of drug-likeness (QED) is 0.136. The zero-order valence-electron chi connectivity index (χ0n) is 29.9. The fraction of sp³-hybridized carbons (Fsp3) is 0.538. The topological polar surface area (TPSA) is 89.5 Å². The second-order valence-corrected chi connectivity index (χ2v) is 20.5. The van der Waals surface area contributed by atoms with E-state index in [1.165, 1.54) is 10.4 Å². The Morgan fingerprint density at radius 2 is 1.41 bits per heavy atom. The lowest BCUT2D eigenvalue weighted by atomic mass is 9.93. The molecule has 3 aromatic carbocycles. The van der Waals surface area contributed by atoms with Crippen LogP contribution in [0.4, 0.5) is 0 Å². The lowest BCUT2D eigenvalue weighted by Gasteiger charge is -2.44. The van der Waals surface area contributed by atoms with Gasteiger partial charge in [-0.15, -0.1) is 0 Å². The van der Waals surface area contributed by atoms with Crippen LogP contribution in [0, 0.1) is 5.92 Å². The van der Waals surface area contributed by atoms with E-state index in [-0.39, 0.29) is 24.2 Å². The van der Waals surface area contributed by atoms with Crippen LogP contribution in [0.15, 0.2) is 91.0 Å². The van der Waals surface area contributed by atoms with Gasteiger partial charge in [-0.2, -0.15) is 8.42 Å². The molecule has 3 aromatic rings. The average Bonchev–Trinajstić information content (AvgIpc) is 3.49. The van der Waals surface area contributed by atoms with Gasteiger partial charge in [0.15, 0.2) is 5.79 Å². The maximum Gasteiger partial charge on any atom is 0.264 e. The lowest BCUT2D eigenvalue weighted by molar-refractivity contribution is -0.209. The Morgan fingerprint density at radius 1 is 0.857 bits per heavy atom. The van der Waals surface area contributed by atoms with Gasteiger partial charge in [-0.1, -0.05) is 125 Å². The monoisotopic (exact) mass is 710 g/mol. The van der Waals surface area contributed by atoms with Crippen LogP contribution >= 0.6 is 0 Å². The van der Waals surface area contributed by atoms with Crippen LogP contribution in [0.25, 0.3) is 0 Å². The lowest BCUT2D eigenvalue weighted by Crippen LogP contribution is -2.67. The van der Waals surface area contributed by atoms with Gasteiger partial charge in [0.25, 0.3) is 18.4 Å². The van der Waals surface area contributed by atoms with E-state index >= 15 is 0 Å². The van der Waals surface area contributed by atoms with Gasteiger partial charge in [0.2, 0.25) is 0 Å². The van der Waals surface area contributed by atoms with Crippen LogP contribution in [-0.4, -0.2) is 73.5 Å². The molecule has 268 valence electrons. The van der Waals surface area contributed by atoms with Crippen molar-refractivity contribution in [3.8, 4) is 0 Å². The van der Waals surface area contributed by atoms with Crippen LogP contribution in [0.1, 0.15) is 65.4 Å². The molecule has 0 bridgehead atoms. The Hall–Kier alpha value is -2.41. The minimum Gasteiger partial charge on any atom is -0.407 e. The van der Waals surface area contributed by atoms with E-state index in [1.807, 2.05) is 42.5 Å². The third-order valence-corrected chi connectivity index (χ3v) is 15.5. The maximum absolute atomic E-state index is 12.9. The molecule has 2 aliphatic rings. The Morgan fingerprint density at radius 3 is 1.92 bits per heavy atom. The maximum atomic E-state index is 12.9. The van der Waals surface area contributed by atoms with E-state index in [0.717, 1.165) is 43.9 Å². The molecule has 0 unspecified atom stereocenters. The summed E-state index contributed by atoms with van der Waals surface area (Å²) >= 11 is 0. The van der Waals surface area contributed by atoms with E-state index in [4.69, 9.17) is 27.6 Å². The smallest absolute Gasteiger partial charge is 0.264 e. The first-order valence-corrected chi connectivity index (χ1v) is 21.2. The highest BCUT2D eigenvalue weighted by Gasteiger charge is 2.53. The van der Waals surface area contributed by atoms with E-state index in [1.54, 1.807) is 7.11 Å². The van der Waals surface area contributed by atoms with Gasteiger partial charge >= 0.3 is 0 Å². The van der Waals surface area contributed by atoms with Crippen LogP contribution in [-0.2, 0) is 44.3 Å². The predicted molar refractivity (Wildman–Crippen MR) is 195 cm³/mol. The zero-order chi connectivity index (χ0) is 35.1. The molecule has 0 amide bonds. The third kappa shape index (κ3) is 9.09. The molecular weight excluding hydrogens is 657 g/mol. The SMILES string of the molecule is CO[C@H]([C@@H](OCc1ccccc1)[C@H](OS(C)(=O)=O)[C@H]1COC2(CCCCC2)O1)[C@@H](C)CO[Si](c1ccccc1)(c1ccccc1)C(C)(C)C. The molecule has 1 aliphatic carbocycles. The van der Waals surface area contributed by atoms with E-state index < -0.39 is 48.6 Å². The van der Waals surface area contributed by atoms with Crippen molar-refractivity contribution >= 4 is 28.8 Å². The van der Waals surface area contributed by atoms with Crippen molar-refractivity contribution in [1.82, 2.24) is 0 Å². The van der Waals surface area contributed by atoms with Gasteiger partial charge in [0, 0.05) is 32.5 Å². The van der Waals surface area contributed by atoms with E-state index in [9.17, 15) is 8.42 Å². The molecule has 1 spiro atoms. The van der Waals surface area contributed by atoms with Crippen LogP contribution < -0.4 is 10.4 Å². The first-order valence-electron chi connectivity index (χ1n) is 17.5. The second kappa shape index (κ2) is 16.3. The molecule has 2 fully saturated rings. The second-order valence-electron chi connectivity index (χ2n) is 14.6. The highest BCUT2D eigenvalue weighted by atomic mass is 32.2. The Labute approximate surface area is 294 Å². The minimum absolute atomic E-state index is 0.203. The summed E-state index contributed by atoms with van der Waals surface area (Å²) in [6.45, 7) is 9.59. The molecule has 5 atom stereocenters. The molecule has 1 heterocycles. The fourth-order valence-electron chi connectivity index (χ4n) is 7.57. The third-order valence-electron chi connectivity index (χ3n) is 9.89. The van der Waals surface area contributed by atoms with Crippen LogP contribution in [0.5, 0.6) is 0 Å². The van der Waals surface area contributed by atoms with Crippen molar-refractivity contribution < 1.29 is 36.0 Å². The molecule has 0 N–H and O–H groups in total. The molecule has 10 heteroatoms. The standard InChI is InChI=1S/C39H54O8SSi/c1-30(27-45-49(38(2,3)4,32-21-13-8-14-22-32)33-23-15-9-16-24-33)35(42-5)37(43-28-31-19-11-7-12-20-31)36(47-48(6,40)41)34-29-44-39(46-34)25-17-10-18-26-39/h7-9,11-16,19-24,30,34-37H,10,17-18,25-29H2,1-6H3/t30-,34+,35-,36+,37+/m0/s1. The molecular formula is C39H54O8SSi. The zero-order valence-corrected chi connectivity index (χ0v) is 31.7. The van der Waals surface area contributed by atoms with Crippen molar-refractivity contribution in [2.24, 2.45) is 5.92 Å². The highest BCUT2D eigenvalue weighted by Crippen LogP contribution is 2.41. The van der Waals surface area contributed by atoms with Gasteiger partial charge in [-0.3, -0.25) is 4.18 Å². The van der Waals surface area contributed by atoms with Gasteiger partial charge in [-0.05, 0) is 33.8 Å². The summed E-state index contributed by atoms with van der Waals surface area (Å²) in [4.78, 5) is 0. The minimum atomic E-state index is -3.92. The van der Waals surface area contributed by atoms with Gasteiger partial charge in [0.05, 0.1) is 25.6 Å². The largest absolute Gasteiger partial charge is 0.407 e. The summed E-state index contributed by atoms with van der Waals surface area (Å²) in [7, 11) is -5.15. The molecule has 1 aliphatic heterocycles. The number of rotatable bonds is 15. The molecule has 5 rings (SSSR count). The van der Waals surface area contributed by atoms with Gasteiger partial charge in [-0.25, -0.2) is 0 Å². The number of hydrogen-bond donors (Lipinski definition) is 0. The summed E-state index contributed by atoms with van der Waals surface area (Å²) in [6, 6.07) is 30.8. The summed E-state index contributed by atoms with van der Waals surface area (Å²) in [5, 5.41) is 2.14. The Bertz CT molecular complexity index is 1500. The van der Waals surface area contributed by atoms with Gasteiger partial charge in [0.1, 0.15) is 18.3 Å². The summed E-state index contributed by atoms with van der Waals surface area (Å²) in [6.07, 6.45) is 2.59. The first-order chi connectivity index (χ1) is 23.4. The van der Waals surface area contributed by atoms with Crippen molar-refractivity contribution in [3.05, 3.63) is 96.6 Å². The Kier molecular flexibility index (Phi) is 12.6. The van der Waals surface area contributed by atoms with E-state index in [2.05, 4.69) is 76.2 Å². The number of benzene rings is 3. The van der Waals surface area contributed by atoms with E-state index in [0.29, 0.717) is 6.61 Å². The highest BCUT2D eigenvalue weighted by molar-refractivity contribution is 7.86. The number of hydrogen-bond acceptors (Lipinski definition) is 8. The Balaban J connectivity index is 1.49. The molecule has 8 nitrogen and oxygen atoms in total. The van der Waals surface area contributed by atoms with Crippen LogP contribution in [0.3, 0.4) is 0 Å². The normalized spacial score (nSPS) is 20.9. The average molecular weight is 711 g/mol. The van der Waals surface area contributed by atoms with Crippen molar-refractivity contribution in [2.45, 2.75) is 102 Å². The first kappa shape index (κ1) is 37.8. The fourth-order valence-corrected chi connectivity index (χ4v) is 12.9. The predicted octanol–water partition coefficient (Wildman–Crippen LogP) is 6.22. The molecule has 1 saturated carbocycles. The van der Waals surface area contributed by atoms with Crippen molar-refractivity contribution in [3.63, 3.8) is 0 Å². The summed E-state index contributed by atoms with van der Waals surface area (Å²) in [5.74, 6) is -0.962. The van der Waals surface area contributed by atoms with Crippen molar-refractivity contribution in [2.75, 3.05) is 26.6 Å². The number of ether oxygens (including phenoxy) is 4. The molecule has 1 saturated heterocycles. The van der Waals surface area contributed by atoms with Gasteiger partial charge < -0.3 is 23.4 Å². The van der Waals surface area contributed by atoms with Crippen LogP contribution in [0.2, 0.25) is 5.04 Å². The summed E-state index contributed by atoms with van der Waals surface area (Å²) < 4.78 is 64.8.